The third-order valence-electron chi connectivity index (χ3n) is 2.35. The van der Waals surface area contributed by atoms with Crippen molar-refractivity contribution in [1.29, 1.82) is 0 Å². The number of hydrogen-bond donors (Lipinski definition) is 1. The van der Waals surface area contributed by atoms with Crippen LogP contribution in [0.2, 0.25) is 0 Å². The smallest absolute Gasteiger partial charge is 0.118 e. The summed E-state index contributed by atoms with van der Waals surface area (Å²) in [6, 6.07) is 8.16. The second-order valence-corrected chi connectivity index (χ2v) is 4.86. The predicted molar refractivity (Wildman–Crippen MR) is 66.1 cm³/mol. The lowest BCUT2D eigenvalue weighted by Crippen LogP contribution is -2.16. The summed E-state index contributed by atoms with van der Waals surface area (Å²) in [6.07, 6.45) is 0. The van der Waals surface area contributed by atoms with E-state index in [0.717, 1.165) is 24.6 Å². The first kappa shape index (κ1) is 11.4. The predicted octanol–water partition coefficient (Wildman–Crippen LogP) is 2.43. The molecule has 4 heteroatoms. The molecule has 0 saturated heterocycles. The van der Waals surface area contributed by atoms with E-state index in [9.17, 15) is 0 Å². The first-order valence-electron chi connectivity index (χ1n) is 5.26. The molecule has 0 spiro atoms. The van der Waals surface area contributed by atoms with Gasteiger partial charge in [0, 0.05) is 11.4 Å². The molecule has 0 unspecified atom stereocenters. The largest absolute Gasteiger partial charge is 0.463 e. The number of rotatable bonds is 5. The molecule has 0 amide bonds. The maximum Gasteiger partial charge on any atom is 0.118 e. The van der Waals surface area contributed by atoms with Crippen LogP contribution in [0.15, 0.2) is 34.1 Å². The van der Waals surface area contributed by atoms with Gasteiger partial charge in [-0.2, -0.15) is 0 Å². The van der Waals surface area contributed by atoms with Crippen LogP contribution in [-0.4, -0.2) is 11.9 Å². The fraction of sp³-hybridized carbons (Fsp3) is 0.333. The Kier molecular flexibility index (Phi) is 3.77. The lowest BCUT2D eigenvalue weighted by atomic mass is 10.4. The van der Waals surface area contributed by atoms with Crippen molar-refractivity contribution in [2.75, 3.05) is 7.05 Å². The Balaban J connectivity index is 1.89. The van der Waals surface area contributed by atoms with E-state index in [0.29, 0.717) is 6.54 Å². The Morgan fingerprint density at radius 3 is 2.69 bits per heavy atom. The second kappa shape index (κ2) is 5.30. The van der Waals surface area contributed by atoms with Crippen LogP contribution < -0.4 is 5.73 Å². The van der Waals surface area contributed by atoms with Crippen LogP contribution in [0.3, 0.4) is 0 Å². The molecule has 0 bridgehead atoms. The fourth-order valence-corrected chi connectivity index (χ4v) is 2.39. The maximum absolute atomic E-state index is 5.56. The average molecular weight is 236 g/mol. The van der Waals surface area contributed by atoms with E-state index < -0.39 is 0 Å². The summed E-state index contributed by atoms with van der Waals surface area (Å²) in [5.74, 6) is 1.82. The molecule has 2 aromatic rings. The van der Waals surface area contributed by atoms with Crippen molar-refractivity contribution >= 4 is 11.3 Å². The highest BCUT2D eigenvalue weighted by Crippen LogP contribution is 2.14. The van der Waals surface area contributed by atoms with Gasteiger partial charge in [-0.25, -0.2) is 0 Å². The second-order valence-electron chi connectivity index (χ2n) is 3.82. The third kappa shape index (κ3) is 2.95. The summed E-state index contributed by atoms with van der Waals surface area (Å²) >= 11 is 1.78. The van der Waals surface area contributed by atoms with Crippen molar-refractivity contribution < 1.29 is 4.42 Å². The molecule has 3 nitrogen and oxygen atoms in total. The van der Waals surface area contributed by atoms with E-state index in [4.69, 9.17) is 10.2 Å². The average Bonchev–Trinajstić information content (AvgIpc) is 2.89. The molecule has 0 aliphatic carbocycles. The molecule has 0 fully saturated rings. The van der Waals surface area contributed by atoms with Gasteiger partial charge in [0.1, 0.15) is 11.5 Å². The molecule has 0 aliphatic heterocycles. The zero-order valence-electron chi connectivity index (χ0n) is 9.35. The highest BCUT2D eigenvalue weighted by Gasteiger charge is 2.05. The van der Waals surface area contributed by atoms with Crippen LogP contribution in [0, 0.1) is 0 Å². The summed E-state index contributed by atoms with van der Waals surface area (Å²) in [4.78, 5) is 3.60. The minimum atomic E-state index is 0.467. The first-order chi connectivity index (χ1) is 7.78. The molecule has 2 rings (SSSR count). The summed E-state index contributed by atoms with van der Waals surface area (Å²) in [6.45, 7) is 2.24. The van der Waals surface area contributed by atoms with Crippen molar-refractivity contribution in [2.45, 2.75) is 19.6 Å². The van der Waals surface area contributed by atoms with Crippen molar-refractivity contribution in [2.24, 2.45) is 5.73 Å². The standard InChI is InChI=1S/C12H16N2OS/c1-14(9-12-3-2-6-16-12)8-11-5-4-10(7-13)15-11/h2-6H,7-9,13H2,1H3. The minimum Gasteiger partial charge on any atom is -0.463 e. The van der Waals surface area contributed by atoms with Gasteiger partial charge in [0.2, 0.25) is 0 Å². The van der Waals surface area contributed by atoms with Crippen molar-refractivity contribution in [3.8, 4) is 0 Å². The van der Waals surface area contributed by atoms with Crippen molar-refractivity contribution in [3.05, 3.63) is 46.0 Å². The molecule has 2 N–H and O–H groups in total. The molecule has 2 aromatic heterocycles. The highest BCUT2D eigenvalue weighted by molar-refractivity contribution is 7.09. The van der Waals surface area contributed by atoms with Crippen LogP contribution in [0.1, 0.15) is 16.4 Å². The molecule has 0 atom stereocenters. The van der Waals surface area contributed by atoms with Crippen molar-refractivity contribution in [3.63, 3.8) is 0 Å². The quantitative estimate of drug-likeness (QED) is 0.867. The fourth-order valence-electron chi connectivity index (χ4n) is 1.61. The van der Waals surface area contributed by atoms with Gasteiger partial charge in [-0.15, -0.1) is 11.3 Å². The van der Waals surface area contributed by atoms with Gasteiger partial charge in [0.05, 0.1) is 13.1 Å². The molecule has 16 heavy (non-hydrogen) atoms. The van der Waals surface area contributed by atoms with Gasteiger partial charge in [-0.1, -0.05) is 6.07 Å². The molecule has 2 heterocycles. The lowest BCUT2D eigenvalue weighted by Gasteiger charge is -2.13. The van der Waals surface area contributed by atoms with E-state index in [1.807, 2.05) is 12.1 Å². The Labute approximate surface area is 99.5 Å². The van der Waals surface area contributed by atoms with E-state index in [1.165, 1.54) is 4.88 Å². The maximum atomic E-state index is 5.56. The molecule has 0 saturated carbocycles. The van der Waals surface area contributed by atoms with Gasteiger partial charge in [0.25, 0.3) is 0 Å². The van der Waals surface area contributed by atoms with E-state index in [2.05, 4.69) is 29.5 Å². The van der Waals surface area contributed by atoms with Crippen LogP contribution in [0.4, 0.5) is 0 Å². The van der Waals surface area contributed by atoms with E-state index in [-0.39, 0.29) is 0 Å². The number of nitrogens with two attached hydrogens (primary N) is 1. The van der Waals surface area contributed by atoms with Crippen LogP contribution in [0.25, 0.3) is 0 Å². The lowest BCUT2D eigenvalue weighted by molar-refractivity contribution is 0.286. The van der Waals surface area contributed by atoms with E-state index in [1.54, 1.807) is 11.3 Å². The van der Waals surface area contributed by atoms with Crippen molar-refractivity contribution in [1.82, 2.24) is 4.90 Å². The number of furan rings is 1. The van der Waals surface area contributed by atoms with Crippen LogP contribution in [-0.2, 0) is 19.6 Å². The number of thiophene rings is 1. The summed E-state index contributed by atoms with van der Waals surface area (Å²) in [5.41, 5.74) is 5.50. The topological polar surface area (TPSA) is 42.4 Å². The Bertz CT molecular complexity index is 422. The van der Waals surface area contributed by atoms with Gasteiger partial charge in [-0.3, -0.25) is 4.90 Å². The number of hydrogen-bond acceptors (Lipinski definition) is 4. The van der Waals surface area contributed by atoms with Crippen LogP contribution >= 0.6 is 11.3 Å². The zero-order chi connectivity index (χ0) is 11.4. The summed E-state index contributed by atoms with van der Waals surface area (Å²) in [7, 11) is 2.09. The summed E-state index contributed by atoms with van der Waals surface area (Å²) in [5, 5.41) is 2.10. The molecule has 86 valence electrons. The Hall–Kier alpha value is -1.10. The zero-order valence-corrected chi connectivity index (χ0v) is 10.2. The number of nitrogens with zero attached hydrogens (tertiary/aromatic N) is 1. The van der Waals surface area contributed by atoms with E-state index >= 15 is 0 Å². The normalized spacial score (nSPS) is 11.2. The minimum absolute atomic E-state index is 0.467. The molecule has 0 aliphatic rings. The van der Waals surface area contributed by atoms with Gasteiger partial charge >= 0.3 is 0 Å². The molecular formula is C12H16N2OS. The van der Waals surface area contributed by atoms with Gasteiger partial charge < -0.3 is 10.2 Å². The monoisotopic (exact) mass is 236 g/mol. The summed E-state index contributed by atoms with van der Waals surface area (Å²) < 4.78 is 5.56. The Morgan fingerprint density at radius 1 is 1.25 bits per heavy atom. The first-order valence-corrected chi connectivity index (χ1v) is 6.14. The van der Waals surface area contributed by atoms with Gasteiger partial charge in [0.15, 0.2) is 0 Å². The SMILES string of the molecule is CN(Cc1ccc(CN)o1)Cc1cccs1. The molecule has 0 radical (unpaired) electrons. The molecule has 0 aromatic carbocycles. The third-order valence-corrected chi connectivity index (χ3v) is 3.21. The Morgan fingerprint density at radius 2 is 2.06 bits per heavy atom. The highest BCUT2D eigenvalue weighted by atomic mass is 32.1. The van der Waals surface area contributed by atoms with Crippen LogP contribution in [0.5, 0.6) is 0 Å². The van der Waals surface area contributed by atoms with Gasteiger partial charge in [-0.05, 0) is 30.6 Å². The molecular weight excluding hydrogens is 220 g/mol.